The van der Waals surface area contributed by atoms with Gasteiger partial charge in [0.2, 0.25) is 0 Å². The second kappa shape index (κ2) is 7.31. The van der Waals surface area contributed by atoms with Gasteiger partial charge in [0.1, 0.15) is 5.75 Å². The number of benzene rings is 2. The van der Waals surface area contributed by atoms with Crippen molar-refractivity contribution in [1.82, 2.24) is 4.98 Å². The number of nitrogens with one attached hydrogen (secondary N) is 2. The number of para-hydroxylation sites is 1. The number of carbonyl (C=O) groups is 2. The van der Waals surface area contributed by atoms with Gasteiger partial charge in [0, 0.05) is 16.6 Å². The zero-order chi connectivity index (χ0) is 18.7. The Hall–Kier alpha value is -3.28. The number of H-pyrrole nitrogens is 1. The number of fused-ring (bicyclic) bond motifs is 1. The van der Waals surface area contributed by atoms with Crippen LogP contribution in [0, 0.1) is 13.8 Å². The SMILES string of the molecule is COc1ccc(C)cc1NC(=O)COC(=O)c1c(C)[nH]c2ccccc12. The van der Waals surface area contributed by atoms with Crippen molar-refractivity contribution >= 4 is 28.5 Å². The molecule has 0 radical (unpaired) electrons. The van der Waals surface area contributed by atoms with Crippen LogP contribution in [0.1, 0.15) is 21.6 Å². The van der Waals surface area contributed by atoms with Crippen LogP contribution < -0.4 is 10.1 Å². The molecule has 1 aromatic heterocycles. The molecule has 0 aliphatic rings. The molecule has 0 spiro atoms. The molecule has 1 heterocycles. The molecule has 0 aliphatic heterocycles. The molecule has 0 saturated heterocycles. The zero-order valence-corrected chi connectivity index (χ0v) is 14.9. The van der Waals surface area contributed by atoms with Gasteiger partial charge in [-0.05, 0) is 37.6 Å². The van der Waals surface area contributed by atoms with Gasteiger partial charge in [-0.2, -0.15) is 0 Å². The van der Waals surface area contributed by atoms with Crippen LogP contribution in [-0.4, -0.2) is 30.6 Å². The molecule has 0 unspecified atom stereocenters. The minimum absolute atomic E-state index is 0.380. The number of hydrogen-bond acceptors (Lipinski definition) is 4. The Morgan fingerprint density at radius 1 is 1.12 bits per heavy atom. The third-order valence-corrected chi connectivity index (χ3v) is 4.06. The van der Waals surface area contributed by atoms with E-state index < -0.39 is 11.9 Å². The second-order valence-corrected chi connectivity index (χ2v) is 6.00. The average Bonchev–Trinajstić information content (AvgIpc) is 2.95. The monoisotopic (exact) mass is 352 g/mol. The van der Waals surface area contributed by atoms with Crippen molar-refractivity contribution in [1.29, 1.82) is 0 Å². The molecule has 134 valence electrons. The van der Waals surface area contributed by atoms with E-state index in [1.54, 1.807) is 19.1 Å². The van der Waals surface area contributed by atoms with Gasteiger partial charge < -0.3 is 19.8 Å². The zero-order valence-electron chi connectivity index (χ0n) is 14.9. The molecule has 0 atom stereocenters. The first kappa shape index (κ1) is 17.5. The Morgan fingerprint density at radius 2 is 1.88 bits per heavy atom. The molecule has 2 aromatic carbocycles. The van der Waals surface area contributed by atoms with E-state index in [1.807, 2.05) is 37.3 Å². The first-order valence-electron chi connectivity index (χ1n) is 8.18. The number of ether oxygens (including phenoxy) is 2. The number of rotatable bonds is 5. The van der Waals surface area contributed by atoms with Crippen LogP contribution in [0.15, 0.2) is 42.5 Å². The fourth-order valence-electron chi connectivity index (χ4n) is 2.85. The van der Waals surface area contributed by atoms with Crippen LogP contribution in [0.25, 0.3) is 10.9 Å². The van der Waals surface area contributed by atoms with Gasteiger partial charge in [-0.15, -0.1) is 0 Å². The Morgan fingerprint density at radius 3 is 2.65 bits per heavy atom. The molecule has 6 nitrogen and oxygen atoms in total. The van der Waals surface area contributed by atoms with Gasteiger partial charge in [0.15, 0.2) is 6.61 Å². The smallest absolute Gasteiger partial charge is 0.341 e. The summed E-state index contributed by atoms with van der Waals surface area (Å²) in [7, 11) is 1.53. The van der Waals surface area contributed by atoms with E-state index in [1.165, 1.54) is 7.11 Å². The summed E-state index contributed by atoms with van der Waals surface area (Å²) in [4.78, 5) is 27.7. The second-order valence-electron chi connectivity index (χ2n) is 6.00. The highest BCUT2D eigenvalue weighted by Gasteiger charge is 2.18. The highest BCUT2D eigenvalue weighted by Crippen LogP contribution is 2.25. The lowest BCUT2D eigenvalue weighted by atomic mass is 10.1. The van der Waals surface area contributed by atoms with Crippen LogP contribution in [0.3, 0.4) is 0 Å². The first-order chi connectivity index (χ1) is 12.5. The minimum atomic E-state index is -0.536. The van der Waals surface area contributed by atoms with E-state index in [-0.39, 0.29) is 6.61 Å². The number of aromatic nitrogens is 1. The van der Waals surface area contributed by atoms with Gasteiger partial charge >= 0.3 is 5.97 Å². The van der Waals surface area contributed by atoms with Crippen LogP contribution in [0.4, 0.5) is 5.69 Å². The number of anilines is 1. The lowest BCUT2D eigenvalue weighted by molar-refractivity contribution is -0.119. The van der Waals surface area contributed by atoms with Gasteiger partial charge in [-0.1, -0.05) is 24.3 Å². The third kappa shape index (κ3) is 3.54. The molecular formula is C20H20N2O4. The summed E-state index contributed by atoms with van der Waals surface area (Å²) in [6, 6.07) is 12.9. The highest BCUT2D eigenvalue weighted by molar-refractivity contribution is 6.06. The van der Waals surface area contributed by atoms with Crippen LogP contribution in [0.2, 0.25) is 0 Å². The number of methoxy groups -OCH3 is 1. The number of aromatic amines is 1. The van der Waals surface area contributed by atoms with Gasteiger partial charge in [-0.25, -0.2) is 4.79 Å². The average molecular weight is 352 g/mol. The molecule has 0 aliphatic carbocycles. The molecule has 1 amide bonds. The van der Waals surface area contributed by atoms with Gasteiger partial charge in [0.05, 0.1) is 18.4 Å². The molecular weight excluding hydrogens is 332 g/mol. The number of hydrogen-bond donors (Lipinski definition) is 2. The molecule has 3 rings (SSSR count). The Balaban J connectivity index is 1.69. The molecule has 0 bridgehead atoms. The molecule has 26 heavy (non-hydrogen) atoms. The van der Waals surface area contributed by atoms with Crippen molar-refractivity contribution < 1.29 is 19.1 Å². The van der Waals surface area contributed by atoms with E-state index in [9.17, 15) is 9.59 Å². The van der Waals surface area contributed by atoms with Crippen molar-refractivity contribution in [3.8, 4) is 5.75 Å². The summed E-state index contributed by atoms with van der Waals surface area (Å²) in [5.41, 5.74) is 3.52. The summed E-state index contributed by atoms with van der Waals surface area (Å²) >= 11 is 0. The largest absolute Gasteiger partial charge is 0.495 e. The van der Waals surface area contributed by atoms with E-state index in [0.29, 0.717) is 22.7 Å². The minimum Gasteiger partial charge on any atom is -0.495 e. The topological polar surface area (TPSA) is 80.4 Å². The number of amides is 1. The summed E-state index contributed by atoms with van der Waals surface area (Å²) in [5, 5.41) is 3.48. The lowest BCUT2D eigenvalue weighted by Gasteiger charge is -2.11. The maximum Gasteiger partial charge on any atom is 0.341 e. The quantitative estimate of drug-likeness (QED) is 0.688. The Bertz CT molecular complexity index is 975. The van der Waals surface area contributed by atoms with E-state index >= 15 is 0 Å². The van der Waals surface area contributed by atoms with Crippen molar-refractivity contribution in [2.45, 2.75) is 13.8 Å². The van der Waals surface area contributed by atoms with E-state index in [0.717, 1.165) is 16.5 Å². The number of aryl methyl sites for hydroxylation is 2. The maximum absolute atomic E-state index is 12.4. The fraction of sp³-hybridized carbons (Fsp3) is 0.200. The number of esters is 1. The predicted octanol–water partition coefficient (Wildman–Crippen LogP) is 3.59. The Labute approximate surface area is 151 Å². The molecule has 0 fully saturated rings. The molecule has 2 N–H and O–H groups in total. The molecule has 0 saturated carbocycles. The standard InChI is InChI=1S/C20H20N2O4/c1-12-8-9-17(25-3)16(10-12)22-18(23)11-26-20(24)19-13(2)21-15-7-5-4-6-14(15)19/h4-10,21H,11H2,1-3H3,(H,22,23). The number of carbonyl (C=O) groups excluding carboxylic acids is 2. The van der Waals surface area contributed by atoms with Crippen LogP contribution >= 0.6 is 0 Å². The molecule has 6 heteroatoms. The summed E-state index contributed by atoms with van der Waals surface area (Å²) in [5.74, 6) is -0.422. The fourth-order valence-corrected chi connectivity index (χ4v) is 2.85. The maximum atomic E-state index is 12.4. The van der Waals surface area contributed by atoms with Crippen LogP contribution in [0.5, 0.6) is 5.75 Å². The first-order valence-corrected chi connectivity index (χ1v) is 8.18. The highest BCUT2D eigenvalue weighted by atomic mass is 16.5. The summed E-state index contributed by atoms with van der Waals surface area (Å²) in [6.07, 6.45) is 0. The summed E-state index contributed by atoms with van der Waals surface area (Å²) < 4.78 is 10.4. The predicted molar refractivity (Wildman–Crippen MR) is 99.7 cm³/mol. The Kier molecular flexibility index (Phi) is 4.93. The van der Waals surface area contributed by atoms with Gasteiger partial charge in [-0.3, -0.25) is 4.79 Å². The summed E-state index contributed by atoms with van der Waals surface area (Å²) in [6.45, 7) is 3.33. The lowest BCUT2D eigenvalue weighted by Crippen LogP contribution is -2.21. The normalized spacial score (nSPS) is 10.6. The van der Waals surface area contributed by atoms with Gasteiger partial charge in [0.25, 0.3) is 5.91 Å². The van der Waals surface area contributed by atoms with Crippen molar-refractivity contribution in [3.05, 3.63) is 59.3 Å². The van der Waals surface area contributed by atoms with Crippen LogP contribution in [-0.2, 0) is 9.53 Å². The van der Waals surface area contributed by atoms with E-state index in [2.05, 4.69) is 10.3 Å². The van der Waals surface area contributed by atoms with E-state index in [4.69, 9.17) is 9.47 Å². The van der Waals surface area contributed by atoms with Crippen molar-refractivity contribution in [2.75, 3.05) is 19.0 Å². The molecule has 3 aromatic rings. The third-order valence-electron chi connectivity index (χ3n) is 4.06. The van der Waals surface area contributed by atoms with Crippen molar-refractivity contribution in [2.24, 2.45) is 0 Å². The van der Waals surface area contributed by atoms with Crippen molar-refractivity contribution in [3.63, 3.8) is 0 Å².